The fourth-order valence-electron chi connectivity index (χ4n) is 2.03. The Bertz CT molecular complexity index is 970. The molecule has 6 nitrogen and oxygen atoms in total. The van der Waals surface area contributed by atoms with E-state index in [4.69, 9.17) is 0 Å². The van der Waals surface area contributed by atoms with Crippen LogP contribution in [0, 0.1) is 10.1 Å². The molecular weight excluding hydrogens is 408 g/mol. The van der Waals surface area contributed by atoms with Crippen LogP contribution in [0.4, 0.5) is 32.0 Å². The number of rotatable bonds is 4. The Morgan fingerprint density at radius 3 is 1.93 bits per heavy atom. The summed E-state index contributed by atoms with van der Waals surface area (Å²) >= 11 is 0. The smallest absolute Gasteiger partial charge is 0.379 e. The third-order valence-corrected chi connectivity index (χ3v) is 4.44. The fraction of sp³-hybridized carbons (Fsp3) is 0.143. The van der Waals surface area contributed by atoms with E-state index >= 15 is 0 Å². The van der Waals surface area contributed by atoms with Gasteiger partial charge in [-0.05, 0) is 18.2 Å². The van der Waals surface area contributed by atoms with Crippen LogP contribution in [0.3, 0.4) is 0 Å². The van der Waals surface area contributed by atoms with Crippen LogP contribution in [0.5, 0.6) is 5.75 Å². The van der Waals surface area contributed by atoms with Crippen molar-refractivity contribution in [2.24, 2.45) is 0 Å². The Hall–Kier alpha value is -2.83. The summed E-state index contributed by atoms with van der Waals surface area (Å²) < 4.78 is 107. The molecule has 13 heteroatoms. The summed E-state index contributed by atoms with van der Waals surface area (Å²) in [6, 6.07) is 5.18. The lowest BCUT2D eigenvalue weighted by molar-refractivity contribution is -0.388. The van der Waals surface area contributed by atoms with Crippen LogP contribution in [0.1, 0.15) is 11.1 Å². The first-order chi connectivity index (χ1) is 12.2. The molecule has 0 heterocycles. The molecule has 0 unspecified atom stereocenters. The van der Waals surface area contributed by atoms with Crippen LogP contribution in [-0.4, -0.2) is 13.3 Å². The third-order valence-electron chi connectivity index (χ3n) is 3.10. The highest BCUT2D eigenvalue weighted by molar-refractivity contribution is 7.87. The van der Waals surface area contributed by atoms with Crippen molar-refractivity contribution >= 4 is 15.8 Å². The van der Waals surface area contributed by atoms with E-state index in [2.05, 4.69) is 4.18 Å². The molecule has 27 heavy (non-hydrogen) atoms. The lowest BCUT2D eigenvalue weighted by Gasteiger charge is -2.16. The topological polar surface area (TPSA) is 86.5 Å². The highest BCUT2D eigenvalue weighted by Crippen LogP contribution is 2.43. The van der Waals surface area contributed by atoms with Crippen LogP contribution >= 0.6 is 0 Å². The van der Waals surface area contributed by atoms with Crippen LogP contribution in [-0.2, 0) is 22.5 Å². The summed E-state index contributed by atoms with van der Waals surface area (Å²) in [7, 11) is -5.49. The van der Waals surface area contributed by atoms with Gasteiger partial charge in [0, 0.05) is 6.07 Å². The monoisotopic (exact) mass is 415 g/mol. The molecule has 2 aromatic carbocycles. The standard InChI is InChI=1S/C14H7F6NO5S/c15-13(16,17)8-6-10(14(18,19)20)12(11(7-8)21(22)23)27(24,25)26-9-4-2-1-3-5-9/h1-7H. The Labute approximate surface area is 147 Å². The molecule has 146 valence electrons. The van der Waals surface area contributed by atoms with Gasteiger partial charge < -0.3 is 4.18 Å². The number of alkyl halides is 6. The Kier molecular flexibility index (Phi) is 5.10. The lowest BCUT2D eigenvalue weighted by atomic mass is 10.1. The van der Waals surface area contributed by atoms with Gasteiger partial charge in [-0.25, -0.2) is 0 Å². The summed E-state index contributed by atoms with van der Waals surface area (Å²) in [5.41, 5.74) is -6.30. The Balaban J connectivity index is 2.82. The zero-order valence-corrected chi connectivity index (χ0v) is 13.5. The molecular formula is C14H7F6NO5S. The zero-order chi connectivity index (χ0) is 20.6. The first kappa shape index (κ1) is 20.5. The van der Waals surface area contributed by atoms with E-state index in [-0.39, 0.29) is 6.07 Å². The minimum Gasteiger partial charge on any atom is -0.379 e. The number of hydrogen-bond donors (Lipinski definition) is 0. The maximum Gasteiger partial charge on any atom is 0.418 e. The molecule has 0 radical (unpaired) electrons. The number of hydrogen-bond acceptors (Lipinski definition) is 5. The van der Waals surface area contributed by atoms with E-state index in [1.807, 2.05) is 0 Å². The van der Waals surface area contributed by atoms with Gasteiger partial charge in [0.25, 0.3) is 5.69 Å². The van der Waals surface area contributed by atoms with Gasteiger partial charge in [0.1, 0.15) is 5.75 Å². The van der Waals surface area contributed by atoms with Gasteiger partial charge >= 0.3 is 22.5 Å². The molecule has 0 aliphatic carbocycles. The van der Waals surface area contributed by atoms with Crippen molar-refractivity contribution in [2.75, 3.05) is 0 Å². The number of nitro groups is 1. The van der Waals surface area contributed by atoms with Gasteiger partial charge in [0.05, 0.1) is 16.1 Å². The summed E-state index contributed by atoms with van der Waals surface area (Å²) in [4.78, 5) is 7.35. The number of para-hydroxylation sites is 1. The van der Waals surface area contributed by atoms with E-state index in [0.29, 0.717) is 0 Å². The van der Waals surface area contributed by atoms with Crippen LogP contribution < -0.4 is 4.18 Å². The summed E-state index contributed by atoms with van der Waals surface area (Å²) in [6.45, 7) is 0. The largest absolute Gasteiger partial charge is 0.418 e. The molecule has 2 aromatic rings. The molecule has 0 aliphatic rings. The highest BCUT2D eigenvalue weighted by atomic mass is 32.2. The molecule has 0 fully saturated rings. The second-order valence-electron chi connectivity index (χ2n) is 4.98. The van der Waals surface area contributed by atoms with E-state index < -0.39 is 60.9 Å². The van der Waals surface area contributed by atoms with Crippen LogP contribution in [0.15, 0.2) is 47.4 Å². The predicted octanol–water partition coefficient (Wildman–Crippen LogP) is 4.40. The Morgan fingerprint density at radius 1 is 0.926 bits per heavy atom. The SMILES string of the molecule is O=[N+]([O-])c1cc(C(F)(F)F)cc(C(F)(F)F)c1S(=O)(=O)Oc1ccccc1. The lowest BCUT2D eigenvalue weighted by Crippen LogP contribution is -2.21. The van der Waals surface area contributed by atoms with E-state index in [1.54, 1.807) is 0 Å². The van der Waals surface area contributed by atoms with Crippen molar-refractivity contribution in [3.63, 3.8) is 0 Å². The molecule has 0 saturated heterocycles. The first-order valence-corrected chi connectivity index (χ1v) is 8.10. The van der Waals surface area contributed by atoms with Gasteiger partial charge in [0.15, 0.2) is 4.90 Å². The van der Waals surface area contributed by atoms with Gasteiger partial charge in [-0.15, -0.1) is 0 Å². The quantitative estimate of drug-likeness (QED) is 0.320. The second kappa shape index (κ2) is 6.72. The molecule has 2 rings (SSSR count). The van der Waals surface area contributed by atoms with Crippen LogP contribution in [0.25, 0.3) is 0 Å². The number of nitrogens with zero attached hydrogens (tertiary/aromatic N) is 1. The average Bonchev–Trinajstić information content (AvgIpc) is 2.52. The van der Waals surface area contributed by atoms with Crippen molar-refractivity contribution in [1.82, 2.24) is 0 Å². The number of nitro benzene ring substituents is 1. The van der Waals surface area contributed by atoms with Gasteiger partial charge in [-0.3, -0.25) is 10.1 Å². The van der Waals surface area contributed by atoms with Crippen LogP contribution in [0.2, 0.25) is 0 Å². The first-order valence-electron chi connectivity index (χ1n) is 6.70. The summed E-state index contributed by atoms with van der Waals surface area (Å²) in [6.07, 6.45) is -11.0. The third kappa shape index (κ3) is 4.48. The van der Waals surface area contributed by atoms with Gasteiger partial charge in [0.2, 0.25) is 0 Å². The fourth-order valence-corrected chi connectivity index (χ4v) is 3.31. The Morgan fingerprint density at radius 2 is 1.48 bits per heavy atom. The average molecular weight is 415 g/mol. The molecule has 0 saturated carbocycles. The van der Waals surface area contributed by atoms with Crippen molar-refractivity contribution in [2.45, 2.75) is 17.2 Å². The van der Waals surface area contributed by atoms with E-state index in [9.17, 15) is 44.9 Å². The maximum absolute atomic E-state index is 13.2. The van der Waals surface area contributed by atoms with Gasteiger partial charge in [-0.1, -0.05) is 18.2 Å². The van der Waals surface area contributed by atoms with Gasteiger partial charge in [-0.2, -0.15) is 34.8 Å². The van der Waals surface area contributed by atoms with Crippen molar-refractivity contribution in [1.29, 1.82) is 0 Å². The van der Waals surface area contributed by atoms with E-state index in [1.165, 1.54) is 18.2 Å². The molecule has 0 amide bonds. The predicted molar refractivity (Wildman–Crippen MR) is 77.4 cm³/mol. The summed E-state index contributed by atoms with van der Waals surface area (Å²) in [5, 5.41) is 11.0. The van der Waals surface area contributed by atoms with Crippen molar-refractivity contribution in [3.8, 4) is 5.75 Å². The minimum atomic E-state index is -5.64. The summed E-state index contributed by atoms with van der Waals surface area (Å²) in [5.74, 6) is -0.486. The normalized spacial score (nSPS) is 12.7. The second-order valence-corrected chi connectivity index (χ2v) is 6.46. The molecule has 0 aliphatic heterocycles. The van der Waals surface area contributed by atoms with E-state index in [0.717, 1.165) is 12.1 Å². The molecule has 0 bridgehead atoms. The minimum absolute atomic E-state index is 0.295. The maximum atomic E-state index is 13.2. The molecule has 0 N–H and O–H groups in total. The highest BCUT2D eigenvalue weighted by Gasteiger charge is 2.46. The van der Waals surface area contributed by atoms with Crippen molar-refractivity contribution in [3.05, 3.63) is 63.7 Å². The number of benzene rings is 2. The number of halogens is 6. The molecule has 0 aromatic heterocycles. The molecule has 0 spiro atoms. The molecule has 0 atom stereocenters. The van der Waals surface area contributed by atoms with Crippen molar-refractivity contribution < 1.29 is 43.9 Å². The zero-order valence-electron chi connectivity index (χ0n) is 12.7.